The van der Waals surface area contributed by atoms with E-state index < -0.39 is 5.91 Å². The Labute approximate surface area is 167 Å². The maximum atomic E-state index is 12.2. The zero-order valence-corrected chi connectivity index (χ0v) is 15.8. The molecule has 4 rings (SSSR count). The summed E-state index contributed by atoms with van der Waals surface area (Å²) in [6.45, 7) is 2.42. The first-order valence-electron chi connectivity index (χ1n) is 9.14. The summed E-state index contributed by atoms with van der Waals surface area (Å²) in [6, 6.07) is 17.1. The Bertz CT molecular complexity index is 1130. The summed E-state index contributed by atoms with van der Waals surface area (Å²) in [5.74, 6) is 0.892. The number of fused-ring (bicyclic) bond motifs is 1. The number of likely N-dealkylation sites (N-methyl/N-ethyl adjacent to an activating group) is 1. The molecule has 0 atom stereocenters. The average molecular weight is 386 g/mol. The van der Waals surface area contributed by atoms with E-state index in [1.54, 1.807) is 23.9 Å². The highest BCUT2D eigenvalue weighted by Gasteiger charge is 2.18. The molecule has 0 radical (unpaired) electrons. The predicted octanol–water partition coefficient (Wildman–Crippen LogP) is 3.31. The number of amides is 1. The highest BCUT2D eigenvalue weighted by molar-refractivity contribution is 6.02. The third-order valence-corrected chi connectivity index (χ3v) is 4.41. The number of hydrogen-bond donors (Lipinski definition) is 1. The Balaban J connectivity index is 1.84. The highest BCUT2D eigenvalue weighted by atomic mass is 16.7. The molecule has 2 aromatic carbocycles. The number of carbonyl (C=O) groups excluding carboxylic acids is 1. The van der Waals surface area contributed by atoms with E-state index >= 15 is 0 Å². The minimum Gasteiger partial charge on any atom is -0.454 e. The van der Waals surface area contributed by atoms with Crippen LogP contribution in [0.2, 0.25) is 0 Å². The predicted molar refractivity (Wildman–Crippen MR) is 107 cm³/mol. The molecule has 7 nitrogen and oxygen atoms in total. The molecule has 3 aromatic rings. The van der Waals surface area contributed by atoms with Gasteiger partial charge in [-0.15, -0.1) is 0 Å². The van der Waals surface area contributed by atoms with Crippen molar-refractivity contribution in [2.75, 3.05) is 13.3 Å². The number of hydrogen-bond acceptors (Lipinski definition) is 5. The van der Waals surface area contributed by atoms with Crippen molar-refractivity contribution in [2.24, 2.45) is 0 Å². The molecule has 1 aromatic heterocycles. The van der Waals surface area contributed by atoms with Crippen molar-refractivity contribution in [2.45, 2.75) is 6.92 Å². The summed E-state index contributed by atoms with van der Waals surface area (Å²) in [7, 11) is 0. The smallest absolute Gasteiger partial charge is 0.261 e. The van der Waals surface area contributed by atoms with Crippen LogP contribution in [0.5, 0.6) is 11.5 Å². The van der Waals surface area contributed by atoms with Crippen molar-refractivity contribution in [1.82, 2.24) is 15.1 Å². The molecule has 2 heterocycles. The van der Waals surface area contributed by atoms with Crippen LogP contribution in [0.4, 0.5) is 0 Å². The number of rotatable bonds is 5. The minimum atomic E-state index is -0.418. The van der Waals surface area contributed by atoms with E-state index in [0.717, 1.165) is 11.3 Å². The number of aromatic nitrogens is 2. The van der Waals surface area contributed by atoms with Gasteiger partial charge in [-0.05, 0) is 43.3 Å². The number of carbonyl (C=O) groups is 1. The van der Waals surface area contributed by atoms with E-state index in [0.29, 0.717) is 29.3 Å². The van der Waals surface area contributed by atoms with E-state index in [2.05, 4.69) is 5.32 Å². The number of nitriles is 1. The van der Waals surface area contributed by atoms with E-state index in [-0.39, 0.29) is 12.4 Å². The van der Waals surface area contributed by atoms with Gasteiger partial charge in [0.2, 0.25) is 6.79 Å². The Hall–Kier alpha value is -4.05. The molecule has 29 heavy (non-hydrogen) atoms. The normalized spacial score (nSPS) is 12.5. The van der Waals surface area contributed by atoms with Crippen molar-refractivity contribution in [3.8, 4) is 34.5 Å². The third kappa shape index (κ3) is 3.69. The SMILES string of the molecule is CCNC(=O)/C(C#N)=C/c1cn(-c2ccccc2)nc1-c1ccc2c(c1)OCO2. The lowest BCUT2D eigenvalue weighted by atomic mass is 10.1. The fraction of sp³-hybridized carbons (Fsp3) is 0.136. The molecule has 1 aliphatic heterocycles. The van der Waals surface area contributed by atoms with Gasteiger partial charge >= 0.3 is 0 Å². The zero-order chi connectivity index (χ0) is 20.2. The van der Waals surface area contributed by atoms with E-state index in [1.807, 2.05) is 54.6 Å². The Morgan fingerprint density at radius 1 is 1.24 bits per heavy atom. The Morgan fingerprint density at radius 3 is 2.79 bits per heavy atom. The molecule has 0 saturated carbocycles. The van der Waals surface area contributed by atoms with Gasteiger partial charge in [0, 0.05) is 23.9 Å². The largest absolute Gasteiger partial charge is 0.454 e. The van der Waals surface area contributed by atoms with Crippen LogP contribution < -0.4 is 14.8 Å². The van der Waals surface area contributed by atoms with Crippen LogP contribution in [0.3, 0.4) is 0 Å². The van der Waals surface area contributed by atoms with Gasteiger partial charge in [0.25, 0.3) is 5.91 Å². The van der Waals surface area contributed by atoms with Crippen molar-refractivity contribution < 1.29 is 14.3 Å². The van der Waals surface area contributed by atoms with Crippen LogP contribution in [-0.2, 0) is 4.79 Å². The average Bonchev–Trinajstić information content (AvgIpc) is 3.39. The van der Waals surface area contributed by atoms with Gasteiger partial charge in [-0.3, -0.25) is 4.79 Å². The van der Waals surface area contributed by atoms with Crippen LogP contribution in [0.25, 0.3) is 23.0 Å². The molecule has 144 valence electrons. The van der Waals surface area contributed by atoms with E-state index in [1.165, 1.54) is 0 Å². The second-order valence-corrected chi connectivity index (χ2v) is 6.31. The summed E-state index contributed by atoms with van der Waals surface area (Å²) >= 11 is 0. The number of nitrogens with one attached hydrogen (secondary N) is 1. The molecular formula is C22H18N4O3. The van der Waals surface area contributed by atoms with Crippen molar-refractivity contribution in [1.29, 1.82) is 5.26 Å². The highest BCUT2D eigenvalue weighted by Crippen LogP contribution is 2.37. The summed E-state index contributed by atoms with van der Waals surface area (Å²) in [5.41, 5.74) is 2.95. The molecule has 0 fully saturated rings. The zero-order valence-electron chi connectivity index (χ0n) is 15.8. The van der Waals surface area contributed by atoms with Crippen LogP contribution in [0, 0.1) is 11.3 Å². The van der Waals surface area contributed by atoms with E-state index in [9.17, 15) is 10.1 Å². The molecule has 7 heteroatoms. The number of nitrogens with zero attached hydrogens (tertiary/aromatic N) is 3. The van der Waals surface area contributed by atoms with Gasteiger partial charge in [0.1, 0.15) is 17.3 Å². The van der Waals surface area contributed by atoms with Crippen molar-refractivity contribution >= 4 is 12.0 Å². The second-order valence-electron chi connectivity index (χ2n) is 6.31. The topological polar surface area (TPSA) is 89.2 Å². The third-order valence-electron chi connectivity index (χ3n) is 4.41. The molecular weight excluding hydrogens is 368 g/mol. The van der Waals surface area contributed by atoms with Gasteiger partial charge in [-0.2, -0.15) is 10.4 Å². The van der Waals surface area contributed by atoms with Gasteiger partial charge < -0.3 is 14.8 Å². The molecule has 0 spiro atoms. The number of para-hydroxylation sites is 1. The summed E-state index contributed by atoms with van der Waals surface area (Å²) in [5, 5.41) is 16.8. The lowest BCUT2D eigenvalue weighted by Crippen LogP contribution is -2.23. The molecule has 1 aliphatic rings. The summed E-state index contributed by atoms with van der Waals surface area (Å²) in [4.78, 5) is 12.2. The first kappa shape index (κ1) is 18.3. The maximum Gasteiger partial charge on any atom is 0.261 e. The monoisotopic (exact) mass is 386 g/mol. The van der Waals surface area contributed by atoms with Crippen LogP contribution in [-0.4, -0.2) is 29.0 Å². The Morgan fingerprint density at radius 2 is 2.03 bits per heavy atom. The Kier molecular flexibility index (Phi) is 4.99. The van der Waals surface area contributed by atoms with Crippen molar-refractivity contribution in [3.05, 3.63) is 65.9 Å². The van der Waals surface area contributed by atoms with Gasteiger partial charge in [0.15, 0.2) is 11.5 Å². The molecule has 0 saturated heterocycles. The maximum absolute atomic E-state index is 12.2. The lowest BCUT2D eigenvalue weighted by Gasteiger charge is -2.03. The molecule has 1 N–H and O–H groups in total. The summed E-state index contributed by atoms with van der Waals surface area (Å²) < 4.78 is 12.6. The molecule has 0 aliphatic carbocycles. The minimum absolute atomic E-state index is 0.0152. The fourth-order valence-electron chi connectivity index (χ4n) is 3.03. The van der Waals surface area contributed by atoms with E-state index in [4.69, 9.17) is 14.6 Å². The van der Waals surface area contributed by atoms with Gasteiger partial charge in [0.05, 0.1) is 5.69 Å². The number of benzene rings is 2. The summed E-state index contributed by atoms with van der Waals surface area (Å²) in [6.07, 6.45) is 3.35. The van der Waals surface area contributed by atoms with Gasteiger partial charge in [-0.25, -0.2) is 4.68 Å². The molecule has 0 unspecified atom stereocenters. The standard InChI is InChI=1S/C22H18N4O3/c1-2-24-22(27)16(12-23)10-17-13-26(18-6-4-3-5-7-18)25-21(17)15-8-9-19-20(11-15)29-14-28-19/h3-11,13H,2,14H2,1H3,(H,24,27)/b16-10+. The van der Waals surface area contributed by atoms with Crippen molar-refractivity contribution in [3.63, 3.8) is 0 Å². The van der Waals surface area contributed by atoms with Crippen LogP contribution in [0.15, 0.2) is 60.3 Å². The molecule has 1 amide bonds. The second kappa shape index (κ2) is 7.90. The van der Waals surface area contributed by atoms with Gasteiger partial charge in [-0.1, -0.05) is 18.2 Å². The van der Waals surface area contributed by atoms with Crippen LogP contribution >= 0.6 is 0 Å². The lowest BCUT2D eigenvalue weighted by molar-refractivity contribution is -0.116. The molecule has 0 bridgehead atoms. The first-order valence-corrected chi connectivity index (χ1v) is 9.14. The van der Waals surface area contributed by atoms with Crippen LogP contribution in [0.1, 0.15) is 12.5 Å². The number of ether oxygens (including phenoxy) is 2. The quantitative estimate of drug-likeness (QED) is 0.537. The first-order chi connectivity index (χ1) is 14.2. The fourth-order valence-corrected chi connectivity index (χ4v) is 3.03.